The SMILES string of the molecule is O=C(O)c1cc(O)c(C(=O)NCc2ccccc2C(=O)O)cc1O. The van der Waals surface area contributed by atoms with Crippen molar-refractivity contribution in [3.05, 3.63) is 58.7 Å². The summed E-state index contributed by atoms with van der Waals surface area (Å²) < 4.78 is 0. The molecular formula is C16H13NO7. The predicted octanol–water partition coefficient (Wildman–Crippen LogP) is 1.42. The monoisotopic (exact) mass is 331 g/mol. The van der Waals surface area contributed by atoms with E-state index in [4.69, 9.17) is 10.2 Å². The lowest BCUT2D eigenvalue weighted by Crippen LogP contribution is -2.24. The lowest BCUT2D eigenvalue weighted by Gasteiger charge is -2.10. The van der Waals surface area contributed by atoms with Gasteiger partial charge in [0.25, 0.3) is 5.91 Å². The van der Waals surface area contributed by atoms with Crippen LogP contribution in [0.2, 0.25) is 0 Å². The number of phenolic OH excluding ortho intramolecular Hbond substituents is 1. The fourth-order valence-corrected chi connectivity index (χ4v) is 2.08. The van der Waals surface area contributed by atoms with Crippen LogP contribution in [0.4, 0.5) is 0 Å². The number of carboxylic acid groups (broad SMARTS) is 2. The van der Waals surface area contributed by atoms with Gasteiger partial charge in [-0.1, -0.05) is 18.2 Å². The maximum atomic E-state index is 12.1. The zero-order valence-electron chi connectivity index (χ0n) is 12.2. The molecule has 0 aromatic heterocycles. The second-order valence-electron chi connectivity index (χ2n) is 4.84. The van der Waals surface area contributed by atoms with Crippen LogP contribution in [-0.2, 0) is 6.54 Å². The minimum atomic E-state index is -1.45. The molecule has 1 amide bonds. The number of aromatic carboxylic acids is 2. The number of benzene rings is 2. The quantitative estimate of drug-likeness (QED) is 0.521. The molecule has 0 unspecified atom stereocenters. The van der Waals surface area contributed by atoms with Gasteiger partial charge in [0.05, 0.1) is 11.1 Å². The van der Waals surface area contributed by atoms with E-state index in [1.165, 1.54) is 12.1 Å². The van der Waals surface area contributed by atoms with Gasteiger partial charge >= 0.3 is 11.9 Å². The van der Waals surface area contributed by atoms with Gasteiger partial charge in [0.15, 0.2) is 0 Å². The van der Waals surface area contributed by atoms with E-state index in [1.807, 2.05) is 0 Å². The van der Waals surface area contributed by atoms with Crippen LogP contribution in [0.15, 0.2) is 36.4 Å². The summed E-state index contributed by atoms with van der Waals surface area (Å²) in [6, 6.07) is 7.65. The van der Waals surface area contributed by atoms with E-state index in [0.29, 0.717) is 5.56 Å². The normalized spacial score (nSPS) is 10.2. The second kappa shape index (κ2) is 6.69. The summed E-state index contributed by atoms with van der Waals surface area (Å²) in [6.45, 7) is -0.123. The summed E-state index contributed by atoms with van der Waals surface area (Å²) in [4.78, 5) is 34.0. The molecule has 0 saturated carbocycles. The number of phenols is 2. The molecular weight excluding hydrogens is 318 g/mol. The molecule has 0 radical (unpaired) electrons. The lowest BCUT2D eigenvalue weighted by molar-refractivity contribution is 0.0683. The highest BCUT2D eigenvalue weighted by molar-refractivity contribution is 6.00. The van der Waals surface area contributed by atoms with Crippen molar-refractivity contribution in [2.45, 2.75) is 6.54 Å². The smallest absolute Gasteiger partial charge is 0.339 e. The maximum Gasteiger partial charge on any atom is 0.339 e. The fraction of sp³-hybridized carbons (Fsp3) is 0.0625. The first kappa shape index (κ1) is 16.8. The second-order valence-corrected chi connectivity index (χ2v) is 4.84. The minimum absolute atomic E-state index is 0.0195. The molecule has 0 heterocycles. The third-order valence-corrected chi connectivity index (χ3v) is 3.28. The first-order chi connectivity index (χ1) is 11.3. The Bertz CT molecular complexity index is 829. The van der Waals surface area contributed by atoms with E-state index in [1.54, 1.807) is 12.1 Å². The molecule has 0 saturated heterocycles. The first-order valence-corrected chi connectivity index (χ1v) is 6.70. The summed E-state index contributed by atoms with van der Waals surface area (Å²) in [5.74, 6) is -4.68. The Morgan fingerprint density at radius 2 is 1.38 bits per heavy atom. The molecule has 8 nitrogen and oxygen atoms in total. The fourth-order valence-electron chi connectivity index (χ4n) is 2.08. The number of nitrogens with one attached hydrogen (secondary N) is 1. The van der Waals surface area contributed by atoms with Gasteiger partial charge in [0.2, 0.25) is 0 Å². The first-order valence-electron chi connectivity index (χ1n) is 6.70. The summed E-state index contributed by atoms with van der Waals surface area (Å²) in [5, 5.41) is 39.6. The highest BCUT2D eigenvalue weighted by Gasteiger charge is 2.19. The Morgan fingerprint density at radius 3 is 2.00 bits per heavy atom. The van der Waals surface area contributed by atoms with Crippen molar-refractivity contribution in [1.29, 1.82) is 0 Å². The van der Waals surface area contributed by atoms with Crippen molar-refractivity contribution in [2.24, 2.45) is 0 Å². The number of aromatic hydroxyl groups is 2. The molecule has 2 aromatic carbocycles. The van der Waals surface area contributed by atoms with Crippen molar-refractivity contribution >= 4 is 17.8 Å². The molecule has 0 atom stereocenters. The Morgan fingerprint density at radius 1 is 0.833 bits per heavy atom. The average Bonchev–Trinajstić information content (AvgIpc) is 2.54. The van der Waals surface area contributed by atoms with Crippen LogP contribution in [0.3, 0.4) is 0 Å². The number of carboxylic acids is 2. The van der Waals surface area contributed by atoms with Crippen molar-refractivity contribution < 1.29 is 34.8 Å². The Balaban J connectivity index is 2.21. The van der Waals surface area contributed by atoms with Gasteiger partial charge in [0.1, 0.15) is 17.1 Å². The molecule has 0 aliphatic carbocycles. The number of carbonyl (C=O) groups excluding carboxylic acids is 1. The van der Waals surface area contributed by atoms with Gasteiger partial charge in [-0.05, 0) is 23.8 Å². The van der Waals surface area contributed by atoms with Gasteiger partial charge in [-0.25, -0.2) is 9.59 Å². The van der Waals surface area contributed by atoms with Crippen LogP contribution >= 0.6 is 0 Å². The average molecular weight is 331 g/mol. The van der Waals surface area contributed by atoms with E-state index in [9.17, 15) is 24.6 Å². The summed E-state index contributed by atoms with van der Waals surface area (Å²) in [5.41, 5.74) is -0.499. The van der Waals surface area contributed by atoms with E-state index in [0.717, 1.165) is 12.1 Å². The largest absolute Gasteiger partial charge is 0.507 e. The van der Waals surface area contributed by atoms with Crippen LogP contribution in [-0.4, -0.2) is 38.3 Å². The highest BCUT2D eigenvalue weighted by atomic mass is 16.4. The van der Waals surface area contributed by atoms with Gasteiger partial charge in [-0.2, -0.15) is 0 Å². The number of rotatable bonds is 5. The zero-order valence-corrected chi connectivity index (χ0v) is 12.2. The van der Waals surface area contributed by atoms with Crippen LogP contribution in [0.25, 0.3) is 0 Å². The van der Waals surface area contributed by atoms with Gasteiger partial charge in [-0.3, -0.25) is 4.79 Å². The Labute approximate surface area is 135 Å². The topological polar surface area (TPSA) is 144 Å². The van der Waals surface area contributed by atoms with Crippen LogP contribution in [0.5, 0.6) is 11.5 Å². The molecule has 124 valence electrons. The Kier molecular flexibility index (Phi) is 4.69. The predicted molar refractivity (Wildman–Crippen MR) is 81.3 cm³/mol. The standard InChI is InChI=1S/C16H13NO7/c18-12-6-11(16(23)24)13(19)5-10(12)14(20)17-7-8-3-1-2-4-9(8)15(21)22/h1-6,18-19H,7H2,(H,17,20)(H,21,22)(H,23,24). The zero-order chi connectivity index (χ0) is 17.9. The van der Waals surface area contributed by atoms with Crippen molar-refractivity contribution in [2.75, 3.05) is 0 Å². The van der Waals surface area contributed by atoms with Gasteiger partial charge < -0.3 is 25.7 Å². The molecule has 0 fully saturated rings. The number of hydrogen-bond donors (Lipinski definition) is 5. The number of carbonyl (C=O) groups is 3. The van der Waals surface area contributed by atoms with Crippen LogP contribution in [0, 0.1) is 0 Å². The third kappa shape index (κ3) is 3.43. The van der Waals surface area contributed by atoms with E-state index in [2.05, 4.69) is 5.32 Å². The van der Waals surface area contributed by atoms with E-state index < -0.39 is 34.9 Å². The van der Waals surface area contributed by atoms with Gasteiger partial charge in [-0.15, -0.1) is 0 Å². The molecule has 2 aromatic rings. The molecule has 24 heavy (non-hydrogen) atoms. The van der Waals surface area contributed by atoms with Crippen LogP contribution < -0.4 is 5.32 Å². The lowest BCUT2D eigenvalue weighted by atomic mass is 10.1. The maximum absolute atomic E-state index is 12.1. The molecule has 2 rings (SSSR count). The van der Waals surface area contributed by atoms with Gasteiger partial charge in [0, 0.05) is 6.54 Å². The number of amides is 1. The minimum Gasteiger partial charge on any atom is -0.507 e. The molecule has 0 spiro atoms. The van der Waals surface area contributed by atoms with Crippen molar-refractivity contribution in [3.8, 4) is 11.5 Å². The van der Waals surface area contributed by atoms with E-state index in [-0.39, 0.29) is 17.7 Å². The van der Waals surface area contributed by atoms with Crippen LogP contribution in [0.1, 0.15) is 36.6 Å². The molecule has 8 heteroatoms. The van der Waals surface area contributed by atoms with Crippen molar-refractivity contribution in [1.82, 2.24) is 5.32 Å². The molecule has 0 aliphatic rings. The molecule has 5 N–H and O–H groups in total. The molecule has 0 bridgehead atoms. The number of hydrogen-bond acceptors (Lipinski definition) is 5. The van der Waals surface area contributed by atoms with E-state index >= 15 is 0 Å². The highest BCUT2D eigenvalue weighted by Crippen LogP contribution is 2.27. The molecule has 0 aliphatic heterocycles. The summed E-state index contributed by atoms with van der Waals surface area (Å²) in [7, 11) is 0. The van der Waals surface area contributed by atoms with Crippen molar-refractivity contribution in [3.63, 3.8) is 0 Å². The summed E-state index contributed by atoms with van der Waals surface area (Å²) >= 11 is 0. The third-order valence-electron chi connectivity index (χ3n) is 3.28. The summed E-state index contributed by atoms with van der Waals surface area (Å²) in [6.07, 6.45) is 0. The Hall–Kier alpha value is -3.55.